The van der Waals surface area contributed by atoms with Crippen LogP contribution in [0.2, 0.25) is 0 Å². The lowest BCUT2D eigenvalue weighted by Crippen LogP contribution is -2.25. The van der Waals surface area contributed by atoms with Gasteiger partial charge in [-0.3, -0.25) is 0 Å². The van der Waals surface area contributed by atoms with E-state index < -0.39 is 6.26 Å². The first-order valence-electron chi connectivity index (χ1n) is 13.0. The normalized spacial score (nSPS) is 23.7. The molecule has 3 nitrogen and oxygen atoms in total. The topological polar surface area (TPSA) is 15.7 Å². The molecule has 2 heterocycles. The molecule has 2 aliphatic heterocycles. The molecule has 0 radical (unpaired) electrons. The molecule has 5 heteroatoms. The van der Waals surface area contributed by atoms with Crippen molar-refractivity contribution in [1.82, 2.24) is 0 Å². The first-order chi connectivity index (χ1) is 16.5. The first kappa shape index (κ1) is 24.8. The van der Waals surface area contributed by atoms with E-state index in [1.54, 1.807) is 0 Å². The highest BCUT2D eigenvalue weighted by Gasteiger charge is 2.42. The van der Waals surface area contributed by atoms with Gasteiger partial charge in [0.05, 0.1) is 6.10 Å². The summed E-state index contributed by atoms with van der Waals surface area (Å²) in [6.45, 7) is 9.26. The van der Waals surface area contributed by atoms with E-state index in [4.69, 9.17) is 16.3 Å². The highest BCUT2D eigenvalue weighted by Crippen LogP contribution is 2.61. The second-order valence-electron chi connectivity index (χ2n) is 11.4. The van der Waals surface area contributed by atoms with Gasteiger partial charge in [-0.25, -0.2) is 0 Å². The van der Waals surface area contributed by atoms with Crippen LogP contribution in [0.4, 0.5) is 11.4 Å². The quantitative estimate of drug-likeness (QED) is 0.388. The Morgan fingerprint density at radius 2 is 1.20 bits per heavy atom. The van der Waals surface area contributed by atoms with E-state index in [1.807, 2.05) is 0 Å². The molecule has 0 aromatic heterocycles. The van der Waals surface area contributed by atoms with Gasteiger partial charge in [0.15, 0.2) is 0 Å². The highest BCUT2D eigenvalue weighted by atomic mass is 32.4. The Balaban J connectivity index is 1.63. The smallest absolute Gasteiger partial charge is 0.113 e. The van der Waals surface area contributed by atoms with Crippen molar-refractivity contribution in [2.24, 2.45) is 0 Å². The second-order valence-corrected chi connectivity index (χ2v) is 15.2. The molecule has 3 aliphatic rings. The van der Waals surface area contributed by atoms with Crippen LogP contribution >= 0.6 is 6.26 Å². The van der Waals surface area contributed by atoms with Gasteiger partial charge in [0, 0.05) is 47.7 Å². The molecule has 1 saturated carbocycles. The van der Waals surface area contributed by atoms with E-state index in [0.29, 0.717) is 0 Å². The fourth-order valence-corrected chi connectivity index (χ4v) is 9.81. The number of nitrogens with zero attached hydrogens (tertiary/aromatic N) is 2. The van der Waals surface area contributed by atoms with Crippen LogP contribution in [-0.4, -0.2) is 20.2 Å². The fourth-order valence-electron chi connectivity index (χ4n) is 6.30. The predicted octanol–water partition coefficient (Wildman–Crippen LogP) is 8.27. The van der Waals surface area contributed by atoms with Crippen LogP contribution < -0.4 is 9.80 Å². The lowest BCUT2D eigenvalue weighted by atomic mass is 9.84. The third kappa shape index (κ3) is 4.22. The van der Waals surface area contributed by atoms with Crippen LogP contribution in [0, 0.1) is 0 Å². The molecule has 0 atom stereocenters. The maximum Gasteiger partial charge on any atom is 0.113 e. The third-order valence-corrected chi connectivity index (χ3v) is 11.1. The van der Waals surface area contributed by atoms with Gasteiger partial charge in [-0.05, 0) is 47.7 Å². The van der Waals surface area contributed by atoms with Gasteiger partial charge >= 0.3 is 0 Å². The van der Waals surface area contributed by atoms with Gasteiger partial charge in [0.25, 0.3) is 0 Å². The minimum Gasteiger partial charge on any atom is -0.347 e. The van der Waals surface area contributed by atoms with Crippen molar-refractivity contribution in [3.05, 3.63) is 82.7 Å². The number of anilines is 2. The van der Waals surface area contributed by atoms with E-state index in [1.165, 1.54) is 53.2 Å². The van der Waals surface area contributed by atoms with Crippen molar-refractivity contribution in [1.29, 1.82) is 0 Å². The zero-order chi connectivity index (χ0) is 25.0. The van der Waals surface area contributed by atoms with Gasteiger partial charge < -0.3 is 14.3 Å². The van der Waals surface area contributed by atoms with Crippen molar-refractivity contribution in [2.75, 3.05) is 23.9 Å². The zero-order valence-electron chi connectivity index (χ0n) is 22.0. The van der Waals surface area contributed by atoms with Crippen LogP contribution in [0.3, 0.4) is 0 Å². The predicted molar refractivity (Wildman–Crippen MR) is 154 cm³/mol. The van der Waals surface area contributed by atoms with Crippen LogP contribution in [0.25, 0.3) is 0 Å². The van der Waals surface area contributed by atoms with E-state index in [0.717, 1.165) is 12.8 Å². The maximum absolute atomic E-state index is 7.00. The van der Waals surface area contributed by atoms with E-state index >= 15 is 0 Å². The van der Waals surface area contributed by atoms with Crippen molar-refractivity contribution in [2.45, 2.75) is 76.7 Å². The second kappa shape index (κ2) is 8.91. The summed E-state index contributed by atoms with van der Waals surface area (Å²) in [6, 6.07) is 17.5. The van der Waals surface area contributed by atoms with E-state index in [-0.39, 0.29) is 16.9 Å². The minimum absolute atomic E-state index is 0.121. The highest BCUT2D eigenvalue weighted by molar-refractivity contribution is 8.15. The lowest BCUT2D eigenvalue weighted by molar-refractivity contribution is 0.176. The summed E-state index contributed by atoms with van der Waals surface area (Å²) >= 11 is 6.57. The SMILES string of the molecule is CN1/C(=C\P(=S)(/C=C2\N(C)c3ccccc3C2(C)C)OC2CCCCC2)C(C)(C)c2ccccc21. The standard InChI is InChI=1S/C30H39N2OPS/c1-29(2)23-16-10-12-18-25(23)31(5)27(29)20-34(35,33-22-14-8-7-9-15-22)21-28-30(3,4)24-17-11-13-19-26(24)32(28)6/h10-13,16-22H,7-9,14-15H2,1-6H3/b27-20-,28-21-. The number of hydrogen-bond donors (Lipinski definition) is 0. The molecule has 0 spiro atoms. The average molecular weight is 507 g/mol. The molecule has 0 saturated heterocycles. The number of para-hydroxylation sites is 2. The van der Waals surface area contributed by atoms with E-state index in [2.05, 4.69) is 112 Å². The summed E-state index contributed by atoms with van der Waals surface area (Å²) in [6.07, 6.45) is 3.81. The Labute approximate surface area is 217 Å². The molecular weight excluding hydrogens is 467 g/mol. The number of rotatable bonds is 4. The van der Waals surface area contributed by atoms with Gasteiger partial charge in [0.2, 0.25) is 0 Å². The summed E-state index contributed by atoms with van der Waals surface area (Å²) in [4.78, 5) is 4.66. The largest absolute Gasteiger partial charge is 0.347 e. The molecule has 2 aromatic carbocycles. The molecular formula is C30H39N2OPS. The molecule has 186 valence electrons. The Bertz CT molecular complexity index is 1150. The summed E-state index contributed by atoms with van der Waals surface area (Å²) in [7, 11) is 4.35. The van der Waals surface area contributed by atoms with Crippen molar-refractivity contribution in [3.8, 4) is 0 Å². The third-order valence-electron chi connectivity index (χ3n) is 8.35. The summed E-state index contributed by atoms with van der Waals surface area (Å²) < 4.78 is 7.00. The lowest BCUT2D eigenvalue weighted by Gasteiger charge is -2.32. The fraction of sp³-hybridized carbons (Fsp3) is 0.467. The van der Waals surface area contributed by atoms with E-state index in [9.17, 15) is 0 Å². The number of likely N-dealkylation sites (N-methyl/N-ethyl adjacent to an activating group) is 2. The molecule has 1 fully saturated rings. The average Bonchev–Trinajstić information content (AvgIpc) is 3.15. The Morgan fingerprint density at radius 1 is 0.771 bits per heavy atom. The van der Waals surface area contributed by atoms with Crippen LogP contribution in [-0.2, 0) is 27.2 Å². The van der Waals surface area contributed by atoms with Crippen LogP contribution in [0.1, 0.15) is 70.9 Å². The summed E-state index contributed by atoms with van der Waals surface area (Å²) in [5.41, 5.74) is 7.50. The van der Waals surface area contributed by atoms with Crippen molar-refractivity contribution in [3.63, 3.8) is 0 Å². The number of fused-ring (bicyclic) bond motifs is 2. The van der Waals surface area contributed by atoms with Crippen LogP contribution in [0.15, 0.2) is 71.6 Å². The number of allylic oxidation sites excluding steroid dienone is 2. The molecule has 2 aromatic rings. The maximum atomic E-state index is 7.00. The van der Waals surface area contributed by atoms with Crippen molar-refractivity contribution >= 4 is 29.4 Å². The van der Waals surface area contributed by atoms with Crippen molar-refractivity contribution < 1.29 is 4.52 Å². The number of benzene rings is 2. The minimum atomic E-state index is -2.45. The molecule has 0 N–H and O–H groups in total. The summed E-state index contributed by atoms with van der Waals surface area (Å²) in [5, 5.41) is 0. The van der Waals surface area contributed by atoms with Gasteiger partial charge in [-0.2, -0.15) is 0 Å². The Morgan fingerprint density at radius 3 is 1.63 bits per heavy atom. The first-order valence-corrected chi connectivity index (χ1v) is 15.8. The Hall–Kier alpha value is -1.87. The monoisotopic (exact) mass is 506 g/mol. The van der Waals surface area contributed by atoms with Gasteiger partial charge in [0.1, 0.15) is 6.26 Å². The number of hydrogen-bond acceptors (Lipinski definition) is 4. The summed E-state index contributed by atoms with van der Waals surface area (Å²) in [5.74, 6) is 4.69. The molecule has 0 bridgehead atoms. The molecule has 5 rings (SSSR count). The van der Waals surface area contributed by atoms with Gasteiger partial charge in [-0.1, -0.05) is 95.2 Å². The molecule has 0 amide bonds. The zero-order valence-corrected chi connectivity index (χ0v) is 23.8. The van der Waals surface area contributed by atoms with Crippen LogP contribution in [0.5, 0.6) is 0 Å². The Kier molecular flexibility index (Phi) is 6.31. The molecule has 1 aliphatic carbocycles. The molecule has 35 heavy (non-hydrogen) atoms. The molecule has 0 unspecified atom stereocenters. The van der Waals surface area contributed by atoms with Gasteiger partial charge in [-0.15, -0.1) is 0 Å².